The second-order valence-electron chi connectivity index (χ2n) is 6.39. The molecule has 0 amide bonds. The molecule has 0 saturated carbocycles. The Balaban J connectivity index is 1.78. The van der Waals surface area contributed by atoms with Crippen molar-refractivity contribution in [3.05, 3.63) is 29.3 Å². The molecule has 0 spiro atoms. The number of hydrogen-bond donors (Lipinski definition) is 2. The number of rotatable bonds is 8. The smallest absolute Gasteiger partial charge is 0.240 e. The summed E-state index contributed by atoms with van der Waals surface area (Å²) in [5, 5.41) is 9.29. The molecular weight excluding hydrogens is 312 g/mol. The molecule has 5 nitrogen and oxygen atoms in total. The zero-order valence-electron chi connectivity index (χ0n) is 14.1. The number of sulfonamides is 1. The molecule has 0 aromatic heterocycles. The number of nitrogens with zero attached hydrogens (tertiary/aromatic N) is 1. The second kappa shape index (κ2) is 8.24. The van der Waals surface area contributed by atoms with Crippen LogP contribution in [0.4, 0.5) is 0 Å². The fraction of sp³-hybridized carbons (Fsp3) is 0.647. The van der Waals surface area contributed by atoms with Gasteiger partial charge >= 0.3 is 0 Å². The minimum Gasteiger partial charge on any atom is -0.395 e. The molecule has 1 saturated heterocycles. The first-order valence-electron chi connectivity index (χ1n) is 8.36. The van der Waals surface area contributed by atoms with Gasteiger partial charge in [0, 0.05) is 12.6 Å². The zero-order valence-corrected chi connectivity index (χ0v) is 14.9. The molecule has 1 aliphatic rings. The van der Waals surface area contributed by atoms with E-state index in [2.05, 4.69) is 9.62 Å². The molecule has 2 rings (SSSR count). The van der Waals surface area contributed by atoms with Crippen LogP contribution in [0.5, 0.6) is 0 Å². The predicted molar refractivity (Wildman–Crippen MR) is 92.0 cm³/mol. The molecule has 1 heterocycles. The quantitative estimate of drug-likeness (QED) is 0.708. The molecule has 1 aromatic carbocycles. The highest BCUT2D eigenvalue weighted by atomic mass is 32.2. The third-order valence-electron chi connectivity index (χ3n) is 4.51. The van der Waals surface area contributed by atoms with Gasteiger partial charge in [0.15, 0.2) is 0 Å². The van der Waals surface area contributed by atoms with E-state index in [0.717, 1.165) is 49.9 Å². The summed E-state index contributed by atoms with van der Waals surface area (Å²) in [7, 11) is -3.43. The molecule has 2 N–H and O–H groups in total. The van der Waals surface area contributed by atoms with E-state index in [-0.39, 0.29) is 6.61 Å². The lowest BCUT2D eigenvalue weighted by atomic mass is 10.2. The van der Waals surface area contributed by atoms with Gasteiger partial charge in [-0.2, -0.15) is 0 Å². The van der Waals surface area contributed by atoms with Gasteiger partial charge in [0.2, 0.25) is 10.0 Å². The minimum atomic E-state index is -3.43. The molecule has 0 aliphatic carbocycles. The van der Waals surface area contributed by atoms with Gasteiger partial charge in [0.05, 0.1) is 11.5 Å². The predicted octanol–water partition coefficient (Wildman–Crippen LogP) is 1.82. The van der Waals surface area contributed by atoms with Crippen molar-refractivity contribution in [3.63, 3.8) is 0 Å². The summed E-state index contributed by atoms with van der Waals surface area (Å²) >= 11 is 0. The molecule has 1 atom stereocenters. The fourth-order valence-corrected chi connectivity index (χ4v) is 4.52. The van der Waals surface area contributed by atoms with Crippen LogP contribution in [0, 0.1) is 13.8 Å². The molecule has 0 radical (unpaired) electrons. The van der Waals surface area contributed by atoms with Gasteiger partial charge in [0.25, 0.3) is 0 Å². The van der Waals surface area contributed by atoms with E-state index in [1.54, 1.807) is 6.07 Å². The second-order valence-corrected chi connectivity index (χ2v) is 8.12. The van der Waals surface area contributed by atoms with Crippen LogP contribution in [-0.2, 0) is 10.0 Å². The number of aliphatic hydroxyl groups excluding tert-OH is 1. The van der Waals surface area contributed by atoms with Crippen molar-refractivity contribution >= 4 is 10.0 Å². The monoisotopic (exact) mass is 340 g/mol. The van der Waals surface area contributed by atoms with Crippen molar-refractivity contribution in [3.8, 4) is 0 Å². The zero-order chi connectivity index (χ0) is 16.9. The SMILES string of the molecule is Cc1ccc(C)c(S(=O)(=O)NCCCCN2CCCC2CO)c1. The molecule has 1 aromatic rings. The standard InChI is InChI=1S/C17H28N2O3S/c1-14-7-8-15(2)17(12-14)23(21,22)18-9-3-4-10-19-11-5-6-16(19)13-20/h7-8,12,16,18,20H,3-6,9-11,13H2,1-2H3. The van der Waals surface area contributed by atoms with E-state index in [1.165, 1.54) is 0 Å². The fourth-order valence-electron chi connectivity index (χ4n) is 3.12. The summed E-state index contributed by atoms with van der Waals surface area (Å²) < 4.78 is 27.4. The number of unbranched alkanes of at least 4 members (excludes halogenated alkanes) is 1. The first kappa shape index (κ1) is 18.4. The topological polar surface area (TPSA) is 69.6 Å². The lowest BCUT2D eigenvalue weighted by Crippen LogP contribution is -2.33. The number of hydrogen-bond acceptors (Lipinski definition) is 4. The number of aryl methyl sites for hydroxylation is 2. The Kier molecular flexibility index (Phi) is 6.59. The van der Waals surface area contributed by atoms with Gasteiger partial charge in [0.1, 0.15) is 0 Å². The molecule has 23 heavy (non-hydrogen) atoms. The van der Waals surface area contributed by atoms with Crippen LogP contribution >= 0.6 is 0 Å². The Hall–Kier alpha value is -0.950. The molecule has 130 valence electrons. The van der Waals surface area contributed by atoms with Gasteiger partial charge in [-0.15, -0.1) is 0 Å². The molecule has 1 unspecified atom stereocenters. The summed E-state index contributed by atoms with van der Waals surface area (Å²) in [5.41, 5.74) is 1.71. The average Bonchev–Trinajstić information content (AvgIpc) is 2.96. The van der Waals surface area contributed by atoms with Gasteiger partial charge in [-0.05, 0) is 69.8 Å². The van der Waals surface area contributed by atoms with E-state index in [1.807, 2.05) is 26.0 Å². The Morgan fingerprint density at radius 3 is 2.83 bits per heavy atom. The van der Waals surface area contributed by atoms with Crippen molar-refractivity contribution in [1.82, 2.24) is 9.62 Å². The molecular formula is C17H28N2O3S. The van der Waals surface area contributed by atoms with E-state index >= 15 is 0 Å². The van der Waals surface area contributed by atoms with Gasteiger partial charge < -0.3 is 5.11 Å². The van der Waals surface area contributed by atoms with Crippen molar-refractivity contribution in [2.24, 2.45) is 0 Å². The molecule has 1 aliphatic heterocycles. The van der Waals surface area contributed by atoms with Crippen molar-refractivity contribution < 1.29 is 13.5 Å². The van der Waals surface area contributed by atoms with Crippen LogP contribution in [0.15, 0.2) is 23.1 Å². The average molecular weight is 340 g/mol. The van der Waals surface area contributed by atoms with Crippen molar-refractivity contribution in [2.45, 2.75) is 50.5 Å². The Morgan fingerprint density at radius 1 is 1.30 bits per heavy atom. The lowest BCUT2D eigenvalue weighted by Gasteiger charge is -2.22. The van der Waals surface area contributed by atoms with Crippen molar-refractivity contribution in [2.75, 3.05) is 26.2 Å². The first-order valence-corrected chi connectivity index (χ1v) is 9.84. The largest absolute Gasteiger partial charge is 0.395 e. The van der Waals surface area contributed by atoms with Crippen LogP contribution < -0.4 is 4.72 Å². The van der Waals surface area contributed by atoms with E-state index in [0.29, 0.717) is 17.5 Å². The number of aliphatic hydroxyl groups is 1. The van der Waals surface area contributed by atoms with E-state index in [4.69, 9.17) is 0 Å². The Labute approximate surface area is 139 Å². The van der Waals surface area contributed by atoms with Crippen LogP contribution in [0.1, 0.15) is 36.8 Å². The Bertz CT molecular complexity index is 616. The highest BCUT2D eigenvalue weighted by molar-refractivity contribution is 7.89. The normalized spacial score (nSPS) is 19.3. The maximum Gasteiger partial charge on any atom is 0.240 e. The molecule has 1 fully saturated rings. The van der Waals surface area contributed by atoms with Crippen LogP contribution in [0.25, 0.3) is 0 Å². The van der Waals surface area contributed by atoms with Crippen LogP contribution in [0.2, 0.25) is 0 Å². The molecule has 6 heteroatoms. The third-order valence-corrected chi connectivity index (χ3v) is 6.11. The van der Waals surface area contributed by atoms with Crippen molar-refractivity contribution in [1.29, 1.82) is 0 Å². The Morgan fingerprint density at radius 2 is 2.09 bits per heavy atom. The summed E-state index contributed by atoms with van der Waals surface area (Å²) in [6, 6.07) is 5.77. The van der Waals surface area contributed by atoms with Crippen LogP contribution in [-0.4, -0.2) is 50.7 Å². The lowest BCUT2D eigenvalue weighted by molar-refractivity contribution is 0.157. The summed E-state index contributed by atoms with van der Waals surface area (Å²) in [6.07, 6.45) is 3.95. The maximum absolute atomic E-state index is 12.4. The van der Waals surface area contributed by atoms with E-state index in [9.17, 15) is 13.5 Å². The third kappa shape index (κ3) is 5.01. The number of benzene rings is 1. The van der Waals surface area contributed by atoms with Crippen LogP contribution in [0.3, 0.4) is 0 Å². The van der Waals surface area contributed by atoms with Gasteiger partial charge in [-0.3, -0.25) is 4.90 Å². The summed E-state index contributed by atoms with van der Waals surface area (Å²) in [5.74, 6) is 0. The maximum atomic E-state index is 12.4. The van der Waals surface area contributed by atoms with Gasteiger partial charge in [-0.25, -0.2) is 13.1 Å². The minimum absolute atomic E-state index is 0.221. The first-order chi connectivity index (χ1) is 10.9. The summed E-state index contributed by atoms with van der Waals surface area (Å²) in [6.45, 7) is 6.35. The highest BCUT2D eigenvalue weighted by Crippen LogP contribution is 2.18. The van der Waals surface area contributed by atoms with Gasteiger partial charge in [-0.1, -0.05) is 12.1 Å². The molecule has 0 bridgehead atoms. The highest BCUT2D eigenvalue weighted by Gasteiger charge is 2.22. The number of likely N-dealkylation sites (tertiary alicyclic amines) is 1. The number of nitrogens with one attached hydrogen (secondary N) is 1. The van der Waals surface area contributed by atoms with E-state index < -0.39 is 10.0 Å². The summed E-state index contributed by atoms with van der Waals surface area (Å²) in [4.78, 5) is 2.68.